The summed E-state index contributed by atoms with van der Waals surface area (Å²) in [7, 11) is 0. The first-order valence-electron chi connectivity index (χ1n) is 6.87. The van der Waals surface area contributed by atoms with Gasteiger partial charge in [0.05, 0.1) is 22.4 Å². The molecule has 2 aromatic rings. The zero-order valence-corrected chi connectivity index (χ0v) is 17.0. The Labute approximate surface area is 150 Å². The van der Waals surface area contributed by atoms with Gasteiger partial charge in [0.25, 0.3) is 0 Å². The number of hydrogen-bond donors (Lipinski definition) is 1. The van der Waals surface area contributed by atoms with E-state index in [0.717, 1.165) is 25.7 Å². The van der Waals surface area contributed by atoms with Crippen LogP contribution in [0.5, 0.6) is 0 Å². The van der Waals surface area contributed by atoms with Crippen LogP contribution in [0.4, 0.5) is 0 Å². The van der Waals surface area contributed by atoms with Gasteiger partial charge in [-0.15, -0.1) is 0 Å². The molecule has 0 saturated carbocycles. The SMILES string of the molecule is CCNC(c1cc(Br)ccc1Br)c1c(Br)cnn1C(C)C. The Kier molecular flexibility index (Phi) is 6.05. The fourth-order valence-electron chi connectivity index (χ4n) is 2.33. The van der Waals surface area contributed by atoms with Gasteiger partial charge in [-0.05, 0) is 60.1 Å². The quantitative estimate of drug-likeness (QED) is 0.618. The normalized spacial score (nSPS) is 12.9. The molecule has 6 heteroatoms. The molecule has 1 atom stereocenters. The van der Waals surface area contributed by atoms with Gasteiger partial charge in [-0.25, -0.2) is 0 Å². The molecule has 0 aliphatic carbocycles. The molecule has 1 aromatic heterocycles. The maximum Gasteiger partial charge on any atom is 0.0771 e. The summed E-state index contributed by atoms with van der Waals surface area (Å²) in [6.07, 6.45) is 1.87. The molecule has 114 valence electrons. The lowest BCUT2D eigenvalue weighted by atomic mass is 10.0. The van der Waals surface area contributed by atoms with Gasteiger partial charge >= 0.3 is 0 Å². The van der Waals surface area contributed by atoms with Crippen molar-refractivity contribution in [2.75, 3.05) is 6.54 Å². The van der Waals surface area contributed by atoms with E-state index in [2.05, 4.69) is 95.8 Å². The smallest absolute Gasteiger partial charge is 0.0771 e. The highest BCUT2D eigenvalue weighted by atomic mass is 79.9. The Bertz CT molecular complexity index is 623. The van der Waals surface area contributed by atoms with E-state index >= 15 is 0 Å². The molecule has 0 aliphatic rings. The second kappa shape index (κ2) is 7.40. The second-order valence-electron chi connectivity index (χ2n) is 5.07. The topological polar surface area (TPSA) is 29.9 Å². The third-order valence-electron chi connectivity index (χ3n) is 3.23. The summed E-state index contributed by atoms with van der Waals surface area (Å²) in [6, 6.07) is 6.61. The maximum atomic E-state index is 4.50. The molecule has 1 unspecified atom stereocenters. The average Bonchev–Trinajstić information content (AvgIpc) is 2.81. The molecule has 21 heavy (non-hydrogen) atoms. The number of benzene rings is 1. The Balaban J connectivity index is 2.59. The van der Waals surface area contributed by atoms with Crippen molar-refractivity contribution < 1.29 is 0 Å². The predicted molar refractivity (Wildman–Crippen MR) is 97.7 cm³/mol. The average molecular weight is 480 g/mol. The van der Waals surface area contributed by atoms with Crippen LogP contribution in [0.15, 0.2) is 37.8 Å². The van der Waals surface area contributed by atoms with Gasteiger partial charge in [-0.2, -0.15) is 5.10 Å². The van der Waals surface area contributed by atoms with E-state index < -0.39 is 0 Å². The van der Waals surface area contributed by atoms with E-state index in [4.69, 9.17) is 0 Å². The first-order chi connectivity index (χ1) is 9.95. The Morgan fingerprint density at radius 1 is 1.19 bits per heavy atom. The zero-order valence-electron chi connectivity index (χ0n) is 12.2. The van der Waals surface area contributed by atoms with E-state index in [0.29, 0.717) is 6.04 Å². The maximum absolute atomic E-state index is 4.50. The molecule has 1 N–H and O–H groups in total. The second-order valence-corrected chi connectivity index (χ2v) is 7.70. The van der Waals surface area contributed by atoms with Gasteiger partial charge in [0.2, 0.25) is 0 Å². The molecule has 0 fully saturated rings. The number of aromatic nitrogens is 2. The molecule has 2 rings (SSSR count). The van der Waals surface area contributed by atoms with E-state index in [1.54, 1.807) is 0 Å². The first-order valence-corrected chi connectivity index (χ1v) is 9.24. The van der Waals surface area contributed by atoms with Crippen molar-refractivity contribution in [3.8, 4) is 0 Å². The first kappa shape index (κ1) is 17.2. The summed E-state index contributed by atoms with van der Waals surface area (Å²) < 4.78 is 5.23. The summed E-state index contributed by atoms with van der Waals surface area (Å²) in [4.78, 5) is 0. The number of hydrogen-bond acceptors (Lipinski definition) is 2. The van der Waals surface area contributed by atoms with Gasteiger partial charge in [0.1, 0.15) is 0 Å². The number of rotatable bonds is 5. The highest BCUT2D eigenvalue weighted by Gasteiger charge is 2.24. The van der Waals surface area contributed by atoms with Gasteiger partial charge in [0.15, 0.2) is 0 Å². The van der Waals surface area contributed by atoms with Crippen LogP contribution in [0.25, 0.3) is 0 Å². The van der Waals surface area contributed by atoms with Crippen molar-refractivity contribution in [2.24, 2.45) is 0 Å². The van der Waals surface area contributed by atoms with Crippen molar-refractivity contribution in [1.82, 2.24) is 15.1 Å². The third-order valence-corrected chi connectivity index (χ3v) is 5.05. The Hall–Kier alpha value is -0.170. The van der Waals surface area contributed by atoms with E-state index in [1.165, 1.54) is 5.56 Å². The van der Waals surface area contributed by atoms with Crippen LogP contribution in [0.2, 0.25) is 0 Å². The summed E-state index contributed by atoms with van der Waals surface area (Å²) in [5.74, 6) is 0. The Morgan fingerprint density at radius 3 is 2.52 bits per heavy atom. The van der Waals surface area contributed by atoms with Crippen LogP contribution in [-0.4, -0.2) is 16.3 Å². The summed E-state index contributed by atoms with van der Waals surface area (Å²) in [6.45, 7) is 7.27. The summed E-state index contributed by atoms with van der Waals surface area (Å²) in [5, 5.41) is 8.06. The van der Waals surface area contributed by atoms with Crippen LogP contribution >= 0.6 is 47.8 Å². The molecule has 0 amide bonds. The van der Waals surface area contributed by atoms with Crippen LogP contribution in [0.3, 0.4) is 0 Å². The Morgan fingerprint density at radius 2 is 1.90 bits per heavy atom. The highest BCUT2D eigenvalue weighted by molar-refractivity contribution is 9.11. The molecular formula is C15H18Br3N3. The van der Waals surface area contributed by atoms with Crippen molar-refractivity contribution in [2.45, 2.75) is 32.9 Å². The van der Waals surface area contributed by atoms with Crippen LogP contribution < -0.4 is 5.32 Å². The fourth-order valence-corrected chi connectivity index (χ4v) is 3.68. The van der Waals surface area contributed by atoms with Crippen LogP contribution in [-0.2, 0) is 0 Å². The van der Waals surface area contributed by atoms with Crippen molar-refractivity contribution in [3.05, 3.63) is 49.1 Å². The third kappa shape index (κ3) is 3.78. The molecule has 1 aromatic carbocycles. The molecule has 0 bridgehead atoms. The van der Waals surface area contributed by atoms with Gasteiger partial charge in [-0.1, -0.05) is 38.8 Å². The molecule has 3 nitrogen and oxygen atoms in total. The predicted octanol–water partition coefficient (Wildman–Crippen LogP) is 5.45. The molecule has 1 heterocycles. The van der Waals surface area contributed by atoms with Crippen molar-refractivity contribution in [1.29, 1.82) is 0 Å². The lowest BCUT2D eigenvalue weighted by molar-refractivity contribution is 0.474. The minimum Gasteiger partial charge on any atom is -0.305 e. The van der Waals surface area contributed by atoms with Crippen LogP contribution in [0, 0.1) is 0 Å². The van der Waals surface area contributed by atoms with Gasteiger partial charge in [0, 0.05) is 15.0 Å². The lowest BCUT2D eigenvalue weighted by Crippen LogP contribution is -2.26. The molecule has 0 radical (unpaired) electrons. The molecule has 0 aliphatic heterocycles. The van der Waals surface area contributed by atoms with Gasteiger partial charge < -0.3 is 5.32 Å². The van der Waals surface area contributed by atoms with Crippen LogP contribution in [0.1, 0.15) is 44.1 Å². The van der Waals surface area contributed by atoms with Gasteiger partial charge in [-0.3, -0.25) is 4.68 Å². The number of nitrogens with zero attached hydrogens (tertiary/aromatic N) is 2. The summed E-state index contributed by atoms with van der Waals surface area (Å²) in [5.41, 5.74) is 2.33. The number of nitrogens with one attached hydrogen (secondary N) is 1. The standard InChI is InChI=1S/C15H18Br3N3/c1-4-19-14(11-7-10(16)5-6-12(11)17)15-13(18)8-20-21(15)9(2)3/h5-9,14,19H,4H2,1-3H3. The van der Waals surface area contributed by atoms with E-state index in [1.807, 2.05) is 12.3 Å². The number of halogens is 3. The van der Waals surface area contributed by atoms with E-state index in [9.17, 15) is 0 Å². The van der Waals surface area contributed by atoms with Crippen molar-refractivity contribution in [3.63, 3.8) is 0 Å². The minimum atomic E-state index is 0.0705. The largest absolute Gasteiger partial charge is 0.305 e. The molecule has 0 saturated heterocycles. The highest BCUT2D eigenvalue weighted by Crippen LogP contribution is 2.35. The molecule has 0 spiro atoms. The van der Waals surface area contributed by atoms with E-state index in [-0.39, 0.29) is 6.04 Å². The van der Waals surface area contributed by atoms with Crippen molar-refractivity contribution >= 4 is 47.8 Å². The fraction of sp³-hybridized carbons (Fsp3) is 0.400. The minimum absolute atomic E-state index is 0.0705. The summed E-state index contributed by atoms with van der Waals surface area (Å²) >= 11 is 10.9. The monoisotopic (exact) mass is 477 g/mol. The molecular weight excluding hydrogens is 462 g/mol. The zero-order chi connectivity index (χ0) is 15.6. The lowest BCUT2D eigenvalue weighted by Gasteiger charge is -2.23.